The van der Waals surface area contributed by atoms with Crippen LogP contribution in [0.2, 0.25) is 0 Å². The summed E-state index contributed by atoms with van der Waals surface area (Å²) in [4.78, 5) is 22.9. The van der Waals surface area contributed by atoms with Gasteiger partial charge < -0.3 is 24.8 Å². The summed E-state index contributed by atoms with van der Waals surface area (Å²) >= 11 is 0. The summed E-state index contributed by atoms with van der Waals surface area (Å²) in [6.45, 7) is 2.05. The lowest BCUT2D eigenvalue weighted by molar-refractivity contribution is -0.216. The third kappa shape index (κ3) is 8.46. The molecule has 0 aromatic carbocycles. The molecule has 7 nitrogen and oxygen atoms in total. The largest absolute Gasteiger partial charge is 0.481 e. The van der Waals surface area contributed by atoms with Crippen LogP contribution in [-0.2, 0) is 19.1 Å². The number of ether oxygens (including phenoxy) is 2. The first-order valence-electron chi connectivity index (χ1n) is 11.2. The molecule has 0 bridgehead atoms. The predicted molar refractivity (Wildman–Crippen MR) is 114 cm³/mol. The van der Waals surface area contributed by atoms with Crippen molar-refractivity contribution in [2.24, 2.45) is 11.8 Å². The summed E-state index contributed by atoms with van der Waals surface area (Å²) in [6.07, 6.45) is 9.12. The van der Waals surface area contributed by atoms with Crippen LogP contribution in [0.25, 0.3) is 0 Å². The van der Waals surface area contributed by atoms with E-state index in [1.165, 1.54) is 14.2 Å². The number of Topliss-reactive ketones (excluding diaryl/α,β-unsaturated/α-hetero) is 1. The van der Waals surface area contributed by atoms with Gasteiger partial charge in [-0.25, -0.2) is 0 Å². The van der Waals surface area contributed by atoms with Crippen LogP contribution in [0.4, 0.5) is 0 Å². The monoisotopic (exact) mass is 428 g/mol. The Morgan fingerprint density at radius 2 is 1.87 bits per heavy atom. The maximum atomic E-state index is 12.3. The van der Waals surface area contributed by atoms with Gasteiger partial charge in [-0.15, -0.1) is 0 Å². The zero-order valence-electron chi connectivity index (χ0n) is 18.7. The van der Waals surface area contributed by atoms with E-state index in [9.17, 15) is 19.8 Å². The average Bonchev–Trinajstić information content (AvgIpc) is 2.96. The molecule has 0 amide bonds. The van der Waals surface area contributed by atoms with Gasteiger partial charge in [0.2, 0.25) is 0 Å². The van der Waals surface area contributed by atoms with E-state index in [-0.39, 0.29) is 30.5 Å². The topological polar surface area (TPSA) is 113 Å². The van der Waals surface area contributed by atoms with Crippen molar-refractivity contribution >= 4 is 11.8 Å². The Labute approximate surface area is 180 Å². The van der Waals surface area contributed by atoms with Gasteiger partial charge >= 0.3 is 5.97 Å². The van der Waals surface area contributed by atoms with Gasteiger partial charge in [-0.05, 0) is 25.7 Å². The Kier molecular flexibility index (Phi) is 12.4. The molecular formula is C23H40O7. The molecule has 1 aliphatic carbocycles. The summed E-state index contributed by atoms with van der Waals surface area (Å²) in [6, 6.07) is 0. The maximum Gasteiger partial charge on any atom is 0.303 e. The second-order valence-electron chi connectivity index (χ2n) is 8.41. The lowest BCUT2D eigenvalue weighted by Crippen LogP contribution is -2.44. The zero-order valence-corrected chi connectivity index (χ0v) is 18.7. The molecule has 1 unspecified atom stereocenters. The Bertz CT molecular complexity index is 544. The van der Waals surface area contributed by atoms with Crippen molar-refractivity contribution in [3.05, 3.63) is 12.2 Å². The number of aliphatic hydroxyl groups is 2. The first-order valence-corrected chi connectivity index (χ1v) is 11.2. The average molecular weight is 429 g/mol. The Morgan fingerprint density at radius 1 is 1.20 bits per heavy atom. The van der Waals surface area contributed by atoms with E-state index in [2.05, 4.69) is 6.92 Å². The summed E-state index contributed by atoms with van der Waals surface area (Å²) < 4.78 is 10.6. The van der Waals surface area contributed by atoms with Gasteiger partial charge in [0.05, 0.1) is 6.10 Å². The second-order valence-corrected chi connectivity index (χ2v) is 8.41. The third-order valence-corrected chi connectivity index (χ3v) is 6.05. The lowest BCUT2D eigenvalue weighted by atomic mass is 9.87. The number of aliphatic carboxylic acids is 1. The molecule has 0 spiro atoms. The second kappa shape index (κ2) is 13.9. The number of methoxy groups -OCH3 is 2. The summed E-state index contributed by atoms with van der Waals surface area (Å²) in [7, 11) is 3.00. The molecule has 0 saturated heterocycles. The fourth-order valence-electron chi connectivity index (χ4n) is 4.35. The Balaban J connectivity index is 2.65. The van der Waals surface area contributed by atoms with Gasteiger partial charge in [-0.1, -0.05) is 51.2 Å². The van der Waals surface area contributed by atoms with E-state index in [4.69, 9.17) is 14.6 Å². The fourth-order valence-corrected chi connectivity index (χ4v) is 4.35. The van der Waals surface area contributed by atoms with Gasteiger partial charge in [0.15, 0.2) is 6.29 Å². The third-order valence-electron chi connectivity index (χ3n) is 6.05. The molecule has 30 heavy (non-hydrogen) atoms. The maximum absolute atomic E-state index is 12.3. The number of carboxylic acids is 1. The smallest absolute Gasteiger partial charge is 0.303 e. The van der Waals surface area contributed by atoms with Gasteiger partial charge in [-0.3, -0.25) is 9.59 Å². The molecule has 1 fully saturated rings. The number of ketones is 1. The van der Waals surface area contributed by atoms with E-state index in [1.807, 2.05) is 12.2 Å². The minimum absolute atomic E-state index is 0.0793. The molecule has 7 heteroatoms. The van der Waals surface area contributed by atoms with Crippen molar-refractivity contribution in [2.75, 3.05) is 14.2 Å². The van der Waals surface area contributed by atoms with E-state index in [0.29, 0.717) is 25.7 Å². The number of aliphatic hydroxyl groups excluding tert-OH is 1. The normalized spacial score (nSPS) is 24.1. The molecule has 4 atom stereocenters. The molecule has 0 aliphatic heterocycles. The number of carbonyl (C=O) groups is 2. The molecule has 0 aromatic heterocycles. The van der Waals surface area contributed by atoms with Crippen LogP contribution in [-0.4, -0.2) is 59.3 Å². The minimum Gasteiger partial charge on any atom is -0.481 e. The molecular weight excluding hydrogens is 388 g/mol. The predicted octanol–water partition coefficient (Wildman–Crippen LogP) is 3.46. The van der Waals surface area contributed by atoms with E-state index >= 15 is 0 Å². The van der Waals surface area contributed by atoms with Crippen molar-refractivity contribution < 1.29 is 34.4 Å². The lowest BCUT2D eigenvalue weighted by Gasteiger charge is -2.33. The Morgan fingerprint density at radius 3 is 2.47 bits per heavy atom. The number of rotatable bonds is 16. The van der Waals surface area contributed by atoms with Crippen molar-refractivity contribution in [2.45, 2.75) is 95.5 Å². The molecule has 0 heterocycles. The van der Waals surface area contributed by atoms with Crippen LogP contribution in [0.5, 0.6) is 0 Å². The molecule has 1 aliphatic rings. The first kappa shape index (κ1) is 26.8. The van der Waals surface area contributed by atoms with Crippen LogP contribution in [0, 0.1) is 11.8 Å². The number of hydrogen-bond donors (Lipinski definition) is 3. The van der Waals surface area contributed by atoms with Gasteiger partial charge in [0.25, 0.3) is 0 Å². The molecule has 3 N–H and O–H groups in total. The van der Waals surface area contributed by atoms with E-state index in [0.717, 1.165) is 32.1 Å². The molecule has 0 radical (unpaired) electrons. The number of unbranched alkanes of at least 4 members (excludes halogenated alkanes) is 4. The van der Waals surface area contributed by atoms with Crippen molar-refractivity contribution in [1.29, 1.82) is 0 Å². The van der Waals surface area contributed by atoms with Crippen LogP contribution in [0.3, 0.4) is 0 Å². The summed E-state index contributed by atoms with van der Waals surface area (Å²) in [5, 5.41) is 30.1. The quantitative estimate of drug-likeness (QED) is 0.196. The van der Waals surface area contributed by atoms with E-state index < -0.39 is 24.0 Å². The highest BCUT2D eigenvalue weighted by atomic mass is 16.7. The summed E-state index contributed by atoms with van der Waals surface area (Å²) in [5.74, 6) is -1.18. The number of hydrogen-bond acceptors (Lipinski definition) is 6. The van der Waals surface area contributed by atoms with Crippen LogP contribution in [0.1, 0.15) is 77.6 Å². The van der Waals surface area contributed by atoms with Crippen molar-refractivity contribution in [3.63, 3.8) is 0 Å². The Hall–Kier alpha value is -1.28. The van der Waals surface area contributed by atoms with Gasteiger partial charge in [0, 0.05) is 38.9 Å². The highest BCUT2D eigenvalue weighted by Crippen LogP contribution is 2.35. The molecule has 174 valence electrons. The van der Waals surface area contributed by atoms with Crippen LogP contribution in [0.15, 0.2) is 12.2 Å². The first-order chi connectivity index (χ1) is 14.3. The molecule has 1 rings (SSSR count). The number of carbonyl (C=O) groups excluding carboxylic acids is 1. The fraction of sp³-hybridized carbons (Fsp3) is 0.826. The highest BCUT2D eigenvalue weighted by molar-refractivity contribution is 5.84. The number of carboxylic acid groups (broad SMARTS) is 1. The zero-order chi connectivity index (χ0) is 22.6. The van der Waals surface area contributed by atoms with Gasteiger partial charge in [0.1, 0.15) is 11.4 Å². The summed E-state index contributed by atoms with van der Waals surface area (Å²) in [5.41, 5.74) is -1.16. The molecule has 0 aromatic rings. The van der Waals surface area contributed by atoms with E-state index in [1.54, 1.807) is 0 Å². The van der Waals surface area contributed by atoms with Crippen molar-refractivity contribution in [1.82, 2.24) is 0 Å². The minimum atomic E-state index is -1.16. The van der Waals surface area contributed by atoms with Gasteiger partial charge in [-0.2, -0.15) is 0 Å². The SMILES string of the molecule is CCCCC(O)(CC=C[C@H]1[C@H](O)CC(=O)[C@@H]1CCCCCCC(=O)O)C(OC)OC. The molecule has 1 saturated carbocycles. The highest BCUT2D eigenvalue weighted by Gasteiger charge is 2.40. The van der Waals surface area contributed by atoms with Crippen LogP contribution < -0.4 is 0 Å². The van der Waals surface area contributed by atoms with Crippen molar-refractivity contribution in [3.8, 4) is 0 Å². The standard InChI is InChI=1S/C23H40O7/c1-4-5-14-23(28,22(29-2)30-3)15-10-12-18-17(19(24)16-20(18)25)11-8-6-7-9-13-21(26)27/h10,12,17-18,20,22,25,28H,4-9,11,13-16H2,1-3H3,(H,26,27)/t17-,18-,20-,23?/m1/s1. The van der Waals surface area contributed by atoms with Crippen LogP contribution >= 0.6 is 0 Å².